The maximum absolute atomic E-state index is 13.3. The molecule has 1 N–H and O–H groups in total. The molecule has 0 radical (unpaired) electrons. The second kappa shape index (κ2) is 9.94. The molecule has 2 aromatic carbocycles. The number of hydrogen-bond acceptors (Lipinski definition) is 2. The van der Waals surface area contributed by atoms with Gasteiger partial charge in [-0.1, -0.05) is 60.0 Å². The molecule has 0 aromatic heterocycles. The van der Waals surface area contributed by atoms with E-state index in [2.05, 4.69) is 5.32 Å². The number of amides is 2. The average molecular weight is 421 g/mol. The van der Waals surface area contributed by atoms with Crippen LogP contribution >= 0.6 is 23.2 Å². The standard InChI is InChI=1S/C22H26Cl2N2O2/c1-5-20(22(28)25-4)26(13-17-18(23)7-6-8-19(17)24)21(27)12-16-11-14(2)9-10-15(16)3/h6-11,20H,5,12-13H2,1-4H3,(H,25,28)/t20-/m0/s1. The van der Waals surface area contributed by atoms with Gasteiger partial charge in [0, 0.05) is 29.2 Å². The Morgan fingerprint density at radius 2 is 1.75 bits per heavy atom. The molecule has 0 bridgehead atoms. The lowest BCUT2D eigenvalue weighted by Crippen LogP contribution is -2.48. The second-order valence-corrected chi connectivity index (χ2v) is 7.68. The number of benzene rings is 2. The van der Waals surface area contributed by atoms with E-state index in [0.29, 0.717) is 22.0 Å². The number of nitrogens with zero attached hydrogens (tertiary/aromatic N) is 1. The Balaban J connectivity index is 2.40. The molecule has 4 nitrogen and oxygen atoms in total. The van der Waals surface area contributed by atoms with Crippen LogP contribution in [-0.2, 0) is 22.6 Å². The fourth-order valence-electron chi connectivity index (χ4n) is 3.20. The Hall–Kier alpha value is -2.04. The highest BCUT2D eigenvalue weighted by molar-refractivity contribution is 6.36. The topological polar surface area (TPSA) is 49.4 Å². The first-order valence-electron chi connectivity index (χ1n) is 9.28. The van der Waals surface area contributed by atoms with Crippen LogP contribution in [0.1, 0.15) is 35.6 Å². The lowest BCUT2D eigenvalue weighted by Gasteiger charge is -2.31. The Morgan fingerprint density at radius 1 is 1.11 bits per heavy atom. The zero-order valence-electron chi connectivity index (χ0n) is 16.7. The van der Waals surface area contributed by atoms with Crippen LogP contribution in [0.5, 0.6) is 0 Å². The molecule has 2 amide bonds. The predicted octanol–water partition coefficient (Wildman–Crippen LogP) is 4.71. The number of halogens is 2. The van der Waals surface area contributed by atoms with Crippen molar-refractivity contribution in [2.24, 2.45) is 0 Å². The van der Waals surface area contributed by atoms with Crippen LogP contribution in [0, 0.1) is 13.8 Å². The van der Waals surface area contributed by atoms with Crippen molar-refractivity contribution in [1.82, 2.24) is 10.2 Å². The Bertz CT molecular complexity index is 847. The van der Waals surface area contributed by atoms with E-state index >= 15 is 0 Å². The van der Waals surface area contributed by atoms with Gasteiger partial charge in [-0.2, -0.15) is 0 Å². The molecular weight excluding hydrogens is 395 g/mol. The van der Waals surface area contributed by atoms with E-state index in [4.69, 9.17) is 23.2 Å². The zero-order chi connectivity index (χ0) is 20.8. The lowest BCUT2D eigenvalue weighted by atomic mass is 10.0. The van der Waals surface area contributed by atoms with Crippen LogP contribution in [0.25, 0.3) is 0 Å². The summed E-state index contributed by atoms with van der Waals surface area (Å²) < 4.78 is 0. The molecule has 28 heavy (non-hydrogen) atoms. The van der Waals surface area contributed by atoms with Crippen molar-refractivity contribution >= 4 is 35.0 Å². The van der Waals surface area contributed by atoms with E-state index in [9.17, 15) is 9.59 Å². The summed E-state index contributed by atoms with van der Waals surface area (Å²) in [7, 11) is 1.57. The van der Waals surface area contributed by atoms with Crippen LogP contribution in [-0.4, -0.2) is 29.8 Å². The number of carbonyl (C=O) groups is 2. The molecule has 0 heterocycles. The van der Waals surface area contributed by atoms with Gasteiger partial charge in [0.1, 0.15) is 6.04 Å². The highest BCUT2D eigenvalue weighted by Gasteiger charge is 2.29. The van der Waals surface area contributed by atoms with Crippen molar-refractivity contribution in [2.75, 3.05) is 7.05 Å². The first-order chi connectivity index (χ1) is 13.3. The van der Waals surface area contributed by atoms with Crippen LogP contribution in [0.4, 0.5) is 0 Å². The highest BCUT2D eigenvalue weighted by Crippen LogP contribution is 2.27. The minimum atomic E-state index is -0.602. The third-order valence-corrected chi connectivity index (χ3v) is 5.58. The minimum absolute atomic E-state index is 0.139. The van der Waals surface area contributed by atoms with E-state index < -0.39 is 6.04 Å². The third-order valence-electron chi connectivity index (χ3n) is 4.87. The van der Waals surface area contributed by atoms with Gasteiger partial charge < -0.3 is 10.2 Å². The Kier molecular flexibility index (Phi) is 7.90. The number of hydrogen-bond donors (Lipinski definition) is 1. The highest BCUT2D eigenvalue weighted by atomic mass is 35.5. The first-order valence-corrected chi connectivity index (χ1v) is 10.0. The molecule has 6 heteroatoms. The third kappa shape index (κ3) is 5.27. The molecule has 0 unspecified atom stereocenters. The Morgan fingerprint density at radius 3 is 2.32 bits per heavy atom. The molecule has 0 aliphatic rings. The van der Waals surface area contributed by atoms with Crippen LogP contribution in [0.2, 0.25) is 10.0 Å². The number of rotatable bonds is 7. The van der Waals surface area contributed by atoms with Crippen LogP contribution < -0.4 is 5.32 Å². The lowest BCUT2D eigenvalue weighted by molar-refractivity contribution is -0.140. The van der Waals surface area contributed by atoms with E-state index in [1.165, 1.54) is 0 Å². The molecule has 2 rings (SSSR count). The van der Waals surface area contributed by atoms with Crippen LogP contribution in [0.3, 0.4) is 0 Å². The summed E-state index contributed by atoms with van der Waals surface area (Å²) >= 11 is 12.6. The van der Waals surface area contributed by atoms with Gasteiger partial charge in [-0.3, -0.25) is 9.59 Å². The van der Waals surface area contributed by atoms with Crippen molar-refractivity contribution in [2.45, 2.75) is 46.2 Å². The number of aryl methyl sites for hydroxylation is 2. The largest absolute Gasteiger partial charge is 0.357 e. The van der Waals surface area contributed by atoms with Crippen molar-refractivity contribution in [3.05, 3.63) is 68.7 Å². The van der Waals surface area contributed by atoms with Gasteiger partial charge in [-0.05, 0) is 43.5 Å². The van der Waals surface area contributed by atoms with Gasteiger partial charge in [0.05, 0.1) is 6.42 Å². The van der Waals surface area contributed by atoms with Gasteiger partial charge in [-0.25, -0.2) is 0 Å². The molecule has 2 aromatic rings. The van der Waals surface area contributed by atoms with Crippen molar-refractivity contribution < 1.29 is 9.59 Å². The average Bonchev–Trinajstić information content (AvgIpc) is 2.66. The first kappa shape index (κ1) is 22.3. The smallest absolute Gasteiger partial charge is 0.242 e. The van der Waals surface area contributed by atoms with Crippen molar-refractivity contribution in [1.29, 1.82) is 0 Å². The zero-order valence-corrected chi connectivity index (χ0v) is 18.2. The number of nitrogens with one attached hydrogen (secondary N) is 1. The van der Waals surface area contributed by atoms with Gasteiger partial charge in [0.15, 0.2) is 0 Å². The normalized spacial score (nSPS) is 11.8. The summed E-state index contributed by atoms with van der Waals surface area (Å²) in [6, 6.07) is 10.7. The SMILES string of the molecule is CC[C@@H](C(=O)NC)N(Cc1c(Cl)cccc1Cl)C(=O)Cc1cc(C)ccc1C. The summed E-state index contributed by atoms with van der Waals surface area (Å²) in [5, 5.41) is 3.60. The molecule has 0 saturated heterocycles. The quantitative estimate of drug-likeness (QED) is 0.704. The molecular formula is C22H26Cl2N2O2. The summed E-state index contributed by atoms with van der Waals surface area (Å²) in [5.41, 5.74) is 3.73. The Labute approximate surface area is 176 Å². The van der Waals surface area contributed by atoms with E-state index in [-0.39, 0.29) is 24.8 Å². The minimum Gasteiger partial charge on any atom is -0.357 e. The maximum atomic E-state index is 13.3. The second-order valence-electron chi connectivity index (χ2n) is 6.87. The van der Waals surface area contributed by atoms with Crippen molar-refractivity contribution in [3.63, 3.8) is 0 Å². The molecule has 0 aliphatic carbocycles. The summed E-state index contributed by atoms with van der Waals surface area (Å²) in [5.74, 6) is -0.347. The molecule has 150 valence electrons. The summed E-state index contributed by atoms with van der Waals surface area (Å²) in [4.78, 5) is 27.3. The van der Waals surface area contributed by atoms with Gasteiger partial charge in [0.2, 0.25) is 11.8 Å². The van der Waals surface area contributed by atoms with Gasteiger partial charge >= 0.3 is 0 Å². The number of likely N-dealkylation sites (N-methyl/N-ethyl adjacent to an activating group) is 1. The van der Waals surface area contributed by atoms with Gasteiger partial charge in [0.25, 0.3) is 0 Å². The van der Waals surface area contributed by atoms with E-state index in [0.717, 1.165) is 16.7 Å². The summed E-state index contributed by atoms with van der Waals surface area (Å²) in [6.07, 6.45) is 0.698. The summed E-state index contributed by atoms with van der Waals surface area (Å²) in [6.45, 7) is 6.03. The molecule has 0 saturated carbocycles. The van der Waals surface area contributed by atoms with Crippen LogP contribution in [0.15, 0.2) is 36.4 Å². The monoisotopic (exact) mass is 420 g/mol. The fourth-order valence-corrected chi connectivity index (χ4v) is 3.71. The maximum Gasteiger partial charge on any atom is 0.242 e. The fraction of sp³-hybridized carbons (Fsp3) is 0.364. The van der Waals surface area contributed by atoms with E-state index in [1.807, 2.05) is 39.0 Å². The molecule has 0 fully saturated rings. The molecule has 0 aliphatic heterocycles. The predicted molar refractivity (Wildman–Crippen MR) is 115 cm³/mol. The molecule has 0 spiro atoms. The molecule has 1 atom stereocenters. The van der Waals surface area contributed by atoms with Gasteiger partial charge in [-0.15, -0.1) is 0 Å². The van der Waals surface area contributed by atoms with E-state index in [1.54, 1.807) is 30.1 Å². The van der Waals surface area contributed by atoms with Crippen molar-refractivity contribution in [3.8, 4) is 0 Å². The number of carbonyl (C=O) groups excluding carboxylic acids is 2.